The van der Waals surface area contributed by atoms with Crippen molar-refractivity contribution in [3.05, 3.63) is 24.8 Å². The summed E-state index contributed by atoms with van der Waals surface area (Å²) in [6.07, 6.45) is 7.60. The first-order valence-corrected chi connectivity index (χ1v) is 3.48. The molecule has 0 saturated heterocycles. The lowest BCUT2D eigenvalue weighted by atomic mass is 10.1. The van der Waals surface area contributed by atoms with Gasteiger partial charge >= 0.3 is 0 Å². The molecule has 0 rings (SSSR count). The third-order valence-corrected chi connectivity index (χ3v) is 1.26. The van der Waals surface area contributed by atoms with E-state index in [0.29, 0.717) is 0 Å². The van der Waals surface area contributed by atoms with Gasteiger partial charge in [0.25, 0.3) is 0 Å². The van der Waals surface area contributed by atoms with Crippen molar-refractivity contribution >= 4 is 0 Å². The van der Waals surface area contributed by atoms with Gasteiger partial charge in [0.05, 0.1) is 6.07 Å². The summed E-state index contributed by atoms with van der Waals surface area (Å²) in [6, 6.07) is 2.18. The molecule has 0 N–H and O–H groups in total. The second kappa shape index (κ2) is 6.10. The largest absolute Gasteiger partial charge is 0.198 e. The highest BCUT2D eigenvalue weighted by atomic mass is 14.2. The number of rotatable bonds is 4. The maximum absolute atomic E-state index is 8.40. The molecule has 54 valence electrons. The zero-order valence-electron chi connectivity index (χ0n) is 6.38. The molecule has 1 atom stereocenters. The third kappa shape index (κ3) is 5.11. The molecule has 0 heterocycles. The van der Waals surface area contributed by atoms with Gasteiger partial charge < -0.3 is 0 Å². The average Bonchev–Trinajstić information content (AvgIpc) is 1.98. The average molecular weight is 135 g/mol. The predicted octanol–water partition coefficient (Wildman–Crippen LogP) is 2.67. The van der Waals surface area contributed by atoms with Gasteiger partial charge in [-0.25, -0.2) is 0 Å². The summed E-state index contributed by atoms with van der Waals surface area (Å²) in [5.74, 6) is 0.175. The molecule has 0 aromatic carbocycles. The van der Waals surface area contributed by atoms with Crippen molar-refractivity contribution in [3.63, 3.8) is 0 Å². The smallest absolute Gasteiger partial charge is 0.0652 e. The second-order valence-corrected chi connectivity index (χ2v) is 2.27. The van der Waals surface area contributed by atoms with E-state index in [0.717, 1.165) is 12.8 Å². The summed E-state index contributed by atoms with van der Waals surface area (Å²) in [4.78, 5) is 0. The molecule has 0 radical (unpaired) electrons. The number of hydrogen-bond acceptors (Lipinski definition) is 1. The van der Waals surface area contributed by atoms with E-state index in [1.54, 1.807) is 6.08 Å². The molecule has 0 aliphatic rings. The van der Waals surface area contributed by atoms with Crippen molar-refractivity contribution in [2.24, 2.45) is 5.92 Å². The van der Waals surface area contributed by atoms with Gasteiger partial charge in [0, 0.05) is 5.92 Å². The quantitative estimate of drug-likeness (QED) is 0.544. The summed E-state index contributed by atoms with van der Waals surface area (Å²) in [5, 5.41) is 8.40. The van der Waals surface area contributed by atoms with Crippen LogP contribution in [0, 0.1) is 17.2 Å². The Morgan fingerprint density at radius 2 is 2.40 bits per heavy atom. The predicted molar refractivity (Wildman–Crippen MR) is 43.3 cm³/mol. The standard InChI is InChI=1S/C9H13N/c1-3-4-5-6-7-9(2)8-10/h3-5,9H,1,6-7H2,2H3/b5-4+. The number of nitriles is 1. The third-order valence-electron chi connectivity index (χ3n) is 1.26. The molecule has 0 bridgehead atoms. The fourth-order valence-electron chi connectivity index (χ4n) is 0.603. The summed E-state index contributed by atoms with van der Waals surface area (Å²) < 4.78 is 0. The van der Waals surface area contributed by atoms with Gasteiger partial charge in [0.15, 0.2) is 0 Å². The summed E-state index contributed by atoms with van der Waals surface area (Å²) in [6.45, 7) is 5.48. The van der Waals surface area contributed by atoms with Crippen LogP contribution in [-0.2, 0) is 0 Å². The minimum absolute atomic E-state index is 0.175. The number of nitrogens with zero attached hydrogens (tertiary/aromatic N) is 1. The first kappa shape index (κ1) is 8.97. The van der Waals surface area contributed by atoms with Crippen LogP contribution in [0.4, 0.5) is 0 Å². The molecule has 10 heavy (non-hydrogen) atoms. The van der Waals surface area contributed by atoms with Gasteiger partial charge in [-0.1, -0.05) is 24.8 Å². The maximum Gasteiger partial charge on any atom is 0.0652 e. The van der Waals surface area contributed by atoms with Crippen molar-refractivity contribution < 1.29 is 0 Å². The summed E-state index contributed by atoms with van der Waals surface area (Å²) in [5.41, 5.74) is 0. The Kier molecular flexibility index (Phi) is 5.47. The minimum Gasteiger partial charge on any atom is -0.198 e. The van der Waals surface area contributed by atoms with Crippen LogP contribution in [0.2, 0.25) is 0 Å². The van der Waals surface area contributed by atoms with Crippen molar-refractivity contribution in [1.29, 1.82) is 5.26 Å². The van der Waals surface area contributed by atoms with Crippen LogP contribution in [0.5, 0.6) is 0 Å². The van der Waals surface area contributed by atoms with Crippen LogP contribution >= 0.6 is 0 Å². The molecule has 0 spiro atoms. The Morgan fingerprint density at radius 1 is 1.70 bits per heavy atom. The van der Waals surface area contributed by atoms with Crippen LogP contribution < -0.4 is 0 Å². The lowest BCUT2D eigenvalue weighted by Gasteiger charge is -1.94. The van der Waals surface area contributed by atoms with E-state index >= 15 is 0 Å². The Hall–Kier alpha value is -1.03. The first-order chi connectivity index (χ1) is 4.81. The van der Waals surface area contributed by atoms with Crippen LogP contribution in [0.15, 0.2) is 24.8 Å². The molecule has 1 nitrogen and oxygen atoms in total. The highest BCUT2D eigenvalue weighted by molar-refractivity contribution is 4.97. The zero-order valence-corrected chi connectivity index (χ0v) is 6.38. The van der Waals surface area contributed by atoms with Crippen molar-refractivity contribution in [2.45, 2.75) is 19.8 Å². The van der Waals surface area contributed by atoms with Crippen molar-refractivity contribution in [3.8, 4) is 6.07 Å². The summed E-state index contributed by atoms with van der Waals surface area (Å²) in [7, 11) is 0. The number of hydrogen-bond donors (Lipinski definition) is 0. The van der Waals surface area contributed by atoms with Crippen molar-refractivity contribution in [2.75, 3.05) is 0 Å². The molecule has 0 aromatic rings. The van der Waals surface area contributed by atoms with E-state index in [1.165, 1.54) is 0 Å². The molecule has 0 saturated carbocycles. The number of allylic oxidation sites excluding steroid dienone is 3. The van der Waals surface area contributed by atoms with Gasteiger partial charge in [0.1, 0.15) is 0 Å². The summed E-state index contributed by atoms with van der Waals surface area (Å²) >= 11 is 0. The Bertz CT molecular complexity index is 151. The first-order valence-electron chi connectivity index (χ1n) is 3.48. The Morgan fingerprint density at radius 3 is 2.90 bits per heavy atom. The fourth-order valence-corrected chi connectivity index (χ4v) is 0.603. The fraction of sp³-hybridized carbons (Fsp3) is 0.444. The molecule has 0 fully saturated rings. The van der Waals surface area contributed by atoms with E-state index in [2.05, 4.69) is 12.6 Å². The van der Waals surface area contributed by atoms with Crippen LogP contribution in [-0.4, -0.2) is 0 Å². The SMILES string of the molecule is C=C/C=C/CCC(C)C#N. The molecule has 0 aliphatic heterocycles. The topological polar surface area (TPSA) is 23.8 Å². The van der Waals surface area contributed by atoms with E-state index in [1.807, 2.05) is 19.1 Å². The Labute approximate surface area is 62.7 Å². The molecule has 0 aliphatic carbocycles. The van der Waals surface area contributed by atoms with Gasteiger partial charge in [-0.3, -0.25) is 0 Å². The molecule has 0 amide bonds. The maximum atomic E-state index is 8.40. The molecule has 0 aromatic heterocycles. The minimum atomic E-state index is 0.175. The Balaban J connectivity index is 3.29. The van der Waals surface area contributed by atoms with Crippen LogP contribution in [0.25, 0.3) is 0 Å². The van der Waals surface area contributed by atoms with Gasteiger partial charge in [-0.2, -0.15) is 5.26 Å². The molecular weight excluding hydrogens is 122 g/mol. The van der Waals surface area contributed by atoms with Crippen LogP contribution in [0.3, 0.4) is 0 Å². The molecule has 1 heteroatoms. The highest BCUT2D eigenvalue weighted by Crippen LogP contribution is 2.03. The molecule has 1 unspecified atom stereocenters. The van der Waals surface area contributed by atoms with Gasteiger partial charge in [-0.15, -0.1) is 0 Å². The zero-order chi connectivity index (χ0) is 7.82. The second-order valence-electron chi connectivity index (χ2n) is 2.27. The van der Waals surface area contributed by atoms with Gasteiger partial charge in [-0.05, 0) is 19.8 Å². The lowest BCUT2D eigenvalue weighted by molar-refractivity contribution is 0.671. The van der Waals surface area contributed by atoms with E-state index in [4.69, 9.17) is 5.26 Å². The van der Waals surface area contributed by atoms with Crippen molar-refractivity contribution in [1.82, 2.24) is 0 Å². The van der Waals surface area contributed by atoms with E-state index in [9.17, 15) is 0 Å². The van der Waals surface area contributed by atoms with E-state index in [-0.39, 0.29) is 5.92 Å². The normalized spacial score (nSPS) is 12.8. The monoisotopic (exact) mass is 135 g/mol. The molecular formula is C9H13N. The van der Waals surface area contributed by atoms with E-state index < -0.39 is 0 Å². The highest BCUT2D eigenvalue weighted by Gasteiger charge is 1.94. The van der Waals surface area contributed by atoms with Crippen LogP contribution in [0.1, 0.15) is 19.8 Å². The lowest BCUT2D eigenvalue weighted by Crippen LogP contribution is -1.86. The van der Waals surface area contributed by atoms with Gasteiger partial charge in [0.2, 0.25) is 0 Å².